The van der Waals surface area contributed by atoms with Crippen molar-refractivity contribution in [3.8, 4) is 6.07 Å². The van der Waals surface area contributed by atoms with E-state index >= 15 is 0 Å². The zero-order chi connectivity index (χ0) is 13.7. The summed E-state index contributed by atoms with van der Waals surface area (Å²) in [6.45, 7) is 8.64. The maximum Gasteiger partial charge on any atom is 0.144 e. The van der Waals surface area contributed by atoms with Gasteiger partial charge in [-0.2, -0.15) is 5.26 Å². The number of anilines is 1. The van der Waals surface area contributed by atoms with Gasteiger partial charge in [-0.15, -0.1) is 0 Å². The molecule has 2 heterocycles. The number of nitrogens with zero attached hydrogens (tertiary/aromatic N) is 3. The highest BCUT2D eigenvalue weighted by Gasteiger charge is 2.15. The predicted molar refractivity (Wildman–Crippen MR) is 77.0 cm³/mol. The molecule has 4 nitrogen and oxygen atoms in total. The summed E-state index contributed by atoms with van der Waals surface area (Å²) in [5.41, 5.74) is 1.64. The molecule has 1 atom stereocenters. The highest BCUT2D eigenvalue weighted by atomic mass is 15.1. The van der Waals surface area contributed by atoms with E-state index in [1.807, 2.05) is 13.0 Å². The fraction of sp³-hybridized carbons (Fsp3) is 0.600. The lowest BCUT2D eigenvalue weighted by Gasteiger charge is -2.21. The first-order valence-electron chi connectivity index (χ1n) is 7.02. The van der Waals surface area contributed by atoms with Crippen molar-refractivity contribution in [2.45, 2.75) is 26.7 Å². The van der Waals surface area contributed by atoms with Gasteiger partial charge in [0, 0.05) is 19.3 Å². The third kappa shape index (κ3) is 3.68. The number of nitrogens with one attached hydrogen (secondary N) is 1. The highest BCUT2D eigenvalue weighted by Crippen LogP contribution is 2.16. The fourth-order valence-corrected chi connectivity index (χ4v) is 2.57. The Morgan fingerprint density at radius 2 is 2.21 bits per heavy atom. The Morgan fingerprint density at radius 1 is 1.47 bits per heavy atom. The van der Waals surface area contributed by atoms with Gasteiger partial charge in [-0.05, 0) is 50.4 Å². The van der Waals surface area contributed by atoms with Crippen LogP contribution in [-0.4, -0.2) is 36.1 Å². The summed E-state index contributed by atoms with van der Waals surface area (Å²) in [6, 6.07) is 4.10. The molecule has 0 amide bonds. The van der Waals surface area contributed by atoms with Crippen LogP contribution in [0, 0.1) is 24.2 Å². The van der Waals surface area contributed by atoms with Crippen LogP contribution in [0.2, 0.25) is 0 Å². The van der Waals surface area contributed by atoms with Crippen molar-refractivity contribution < 1.29 is 0 Å². The van der Waals surface area contributed by atoms with E-state index in [1.165, 1.54) is 25.9 Å². The minimum atomic E-state index is 0.562. The molecule has 1 N–H and O–H groups in total. The number of nitriles is 1. The van der Waals surface area contributed by atoms with Crippen LogP contribution < -0.4 is 5.32 Å². The molecule has 0 aromatic carbocycles. The van der Waals surface area contributed by atoms with Crippen LogP contribution in [0.15, 0.2) is 12.3 Å². The zero-order valence-corrected chi connectivity index (χ0v) is 11.8. The maximum absolute atomic E-state index is 9.16. The largest absolute Gasteiger partial charge is 0.369 e. The van der Waals surface area contributed by atoms with E-state index < -0.39 is 0 Å². The van der Waals surface area contributed by atoms with Crippen molar-refractivity contribution in [1.29, 1.82) is 5.26 Å². The van der Waals surface area contributed by atoms with Crippen LogP contribution in [0.25, 0.3) is 0 Å². The van der Waals surface area contributed by atoms with Crippen molar-refractivity contribution in [2.75, 3.05) is 31.5 Å². The monoisotopic (exact) mass is 258 g/mol. The van der Waals surface area contributed by atoms with Gasteiger partial charge in [0.25, 0.3) is 0 Å². The van der Waals surface area contributed by atoms with Gasteiger partial charge < -0.3 is 10.2 Å². The van der Waals surface area contributed by atoms with Crippen LogP contribution in [0.4, 0.5) is 5.82 Å². The van der Waals surface area contributed by atoms with Gasteiger partial charge in [-0.1, -0.05) is 6.92 Å². The van der Waals surface area contributed by atoms with Crippen molar-refractivity contribution in [1.82, 2.24) is 9.88 Å². The molecule has 0 bridgehead atoms. The number of aromatic nitrogens is 1. The Morgan fingerprint density at radius 3 is 2.89 bits per heavy atom. The summed E-state index contributed by atoms with van der Waals surface area (Å²) in [5, 5.41) is 12.5. The van der Waals surface area contributed by atoms with E-state index in [0.29, 0.717) is 11.5 Å². The molecule has 0 spiro atoms. The Balaban J connectivity index is 1.88. The van der Waals surface area contributed by atoms with Crippen LogP contribution in [0.1, 0.15) is 30.9 Å². The molecule has 1 unspecified atom stereocenters. The van der Waals surface area contributed by atoms with Gasteiger partial charge in [0.15, 0.2) is 0 Å². The summed E-state index contributed by atoms with van der Waals surface area (Å²) in [7, 11) is 0. The van der Waals surface area contributed by atoms with Gasteiger partial charge in [0.2, 0.25) is 0 Å². The Labute approximate surface area is 115 Å². The second-order valence-electron chi connectivity index (χ2n) is 5.46. The molecule has 102 valence electrons. The molecule has 1 fully saturated rings. The van der Waals surface area contributed by atoms with Gasteiger partial charge in [-0.3, -0.25) is 0 Å². The zero-order valence-electron chi connectivity index (χ0n) is 11.8. The topological polar surface area (TPSA) is 52.0 Å². The molecule has 1 aliphatic heterocycles. The van der Waals surface area contributed by atoms with E-state index in [-0.39, 0.29) is 0 Å². The third-order valence-corrected chi connectivity index (χ3v) is 3.66. The van der Waals surface area contributed by atoms with Crippen molar-refractivity contribution in [3.05, 3.63) is 23.4 Å². The predicted octanol–water partition coefficient (Wildman–Crippen LogP) is 2.41. The lowest BCUT2D eigenvalue weighted by atomic mass is 10.1. The van der Waals surface area contributed by atoms with E-state index in [9.17, 15) is 0 Å². The van der Waals surface area contributed by atoms with E-state index in [4.69, 9.17) is 5.26 Å². The molecule has 1 aromatic rings. The molecule has 4 heteroatoms. The minimum Gasteiger partial charge on any atom is -0.369 e. The molecular weight excluding hydrogens is 236 g/mol. The van der Waals surface area contributed by atoms with Gasteiger partial charge >= 0.3 is 0 Å². The van der Waals surface area contributed by atoms with Crippen LogP contribution in [-0.2, 0) is 0 Å². The average molecular weight is 258 g/mol. The van der Waals surface area contributed by atoms with E-state index in [1.54, 1.807) is 6.20 Å². The molecule has 1 aromatic heterocycles. The van der Waals surface area contributed by atoms with Crippen LogP contribution in [0.3, 0.4) is 0 Å². The molecule has 19 heavy (non-hydrogen) atoms. The van der Waals surface area contributed by atoms with Crippen molar-refractivity contribution in [3.63, 3.8) is 0 Å². The summed E-state index contributed by atoms with van der Waals surface area (Å²) < 4.78 is 0. The van der Waals surface area contributed by atoms with Crippen molar-refractivity contribution in [2.24, 2.45) is 5.92 Å². The minimum absolute atomic E-state index is 0.562. The quantitative estimate of drug-likeness (QED) is 0.881. The lowest BCUT2D eigenvalue weighted by molar-refractivity contribution is 0.294. The third-order valence-electron chi connectivity index (χ3n) is 3.66. The number of hydrogen-bond donors (Lipinski definition) is 1. The first kappa shape index (κ1) is 13.8. The molecule has 0 aliphatic carbocycles. The molecular formula is C15H22N4. The van der Waals surface area contributed by atoms with E-state index in [0.717, 1.165) is 24.5 Å². The summed E-state index contributed by atoms with van der Waals surface area (Å²) >= 11 is 0. The maximum atomic E-state index is 9.16. The number of pyridine rings is 1. The highest BCUT2D eigenvalue weighted by molar-refractivity contribution is 5.55. The molecule has 0 saturated carbocycles. The average Bonchev–Trinajstić information content (AvgIpc) is 2.89. The van der Waals surface area contributed by atoms with Crippen molar-refractivity contribution >= 4 is 5.82 Å². The van der Waals surface area contributed by atoms with Crippen LogP contribution >= 0.6 is 0 Å². The summed E-state index contributed by atoms with van der Waals surface area (Å²) in [4.78, 5) is 6.78. The molecule has 1 saturated heterocycles. The second kappa shape index (κ2) is 6.53. The fourth-order valence-electron chi connectivity index (χ4n) is 2.57. The Hall–Kier alpha value is -1.60. The number of likely N-dealkylation sites (tertiary alicyclic amines) is 1. The normalized spacial score (nSPS) is 17.1. The van der Waals surface area contributed by atoms with Gasteiger partial charge in [-0.25, -0.2) is 4.98 Å². The smallest absolute Gasteiger partial charge is 0.144 e. The number of aryl methyl sites for hydroxylation is 1. The Bertz CT molecular complexity index is 458. The molecule has 1 aliphatic rings. The Kier molecular flexibility index (Phi) is 4.75. The number of rotatable bonds is 5. The number of hydrogen-bond acceptors (Lipinski definition) is 4. The standard InChI is InChI=1S/C15H22N4/c1-12(11-19-7-3-4-8-19)10-18-15-14(9-16)13(2)5-6-17-15/h5-6,12H,3-4,7-8,10-11H2,1-2H3,(H,17,18). The summed E-state index contributed by atoms with van der Waals surface area (Å²) in [6.07, 6.45) is 4.42. The SMILES string of the molecule is Cc1ccnc(NCC(C)CN2CCCC2)c1C#N. The second-order valence-corrected chi connectivity index (χ2v) is 5.46. The molecule has 0 radical (unpaired) electrons. The van der Waals surface area contributed by atoms with Gasteiger partial charge in [0.1, 0.15) is 11.9 Å². The summed E-state index contributed by atoms with van der Waals surface area (Å²) in [5.74, 6) is 1.28. The van der Waals surface area contributed by atoms with E-state index in [2.05, 4.69) is 28.2 Å². The molecule has 2 rings (SSSR count). The first-order chi connectivity index (χ1) is 9.20. The lowest BCUT2D eigenvalue weighted by Crippen LogP contribution is -2.29. The van der Waals surface area contributed by atoms with Gasteiger partial charge in [0.05, 0.1) is 5.56 Å². The van der Waals surface area contributed by atoms with Crippen LogP contribution in [0.5, 0.6) is 0 Å². The first-order valence-corrected chi connectivity index (χ1v) is 7.02.